The van der Waals surface area contributed by atoms with Gasteiger partial charge in [-0.3, -0.25) is 9.59 Å². The lowest BCUT2D eigenvalue weighted by molar-refractivity contribution is -0.142. The number of amides is 1. The maximum absolute atomic E-state index is 12.1. The first-order valence-corrected chi connectivity index (χ1v) is 8.02. The molecule has 1 amide bonds. The van der Waals surface area contributed by atoms with Crippen molar-refractivity contribution in [1.29, 1.82) is 0 Å². The third-order valence-electron chi connectivity index (χ3n) is 4.48. The number of carbonyl (C=O) groups excluding carboxylic acids is 1. The van der Waals surface area contributed by atoms with Gasteiger partial charge in [0.25, 0.3) is 5.91 Å². The van der Waals surface area contributed by atoms with Crippen molar-refractivity contribution in [3.05, 3.63) is 29.8 Å². The number of nitrogens with one attached hydrogen (secondary N) is 2. The summed E-state index contributed by atoms with van der Waals surface area (Å²) in [6.45, 7) is 0. The van der Waals surface area contributed by atoms with Crippen LogP contribution in [-0.2, 0) is 4.79 Å². The quantitative estimate of drug-likeness (QED) is 0.781. The number of rotatable bonds is 5. The van der Waals surface area contributed by atoms with Gasteiger partial charge >= 0.3 is 5.97 Å². The highest BCUT2D eigenvalue weighted by Gasteiger charge is 2.26. The van der Waals surface area contributed by atoms with Gasteiger partial charge in [0, 0.05) is 23.3 Å². The van der Waals surface area contributed by atoms with E-state index in [1.54, 1.807) is 0 Å². The number of anilines is 1. The molecule has 1 aromatic carbocycles. The lowest BCUT2D eigenvalue weighted by atomic mass is 9.86. The van der Waals surface area contributed by atoms with Crippen LogP contribution in [-0.4, -0.2) is 29.1 Å². The molecule has 3 rings (SSSR count). The highest BCUT2D eigenvalue weighted by molar-refractivity contribution is 5.95. The zero-order chi connectivity index (χ0) is 15.5. The van der Waals surface area contributed by atoms with Crippen molar-refractivity contribution in [2.45, 2.75) is 50.6 Å². The van der Waals surface area contributed by atoms with Crippen LogP contribution in [0.15, 0.2) is 24.3 Å². The molecule has 0 aliphatic heterocycles. The van der Waals surface area contributed by atoms with Gasteiger partial charge in [-0.2, -0.15) is 0 Å². The number of carboxylic acids is 1. The molecule has 2 aliphatic rings. The van der Waals surface area contributed by atoms with E-state index >= 15 is 0 Å². The Hall–Kier alpha value is -2.04. The Labute approximate surface area is 130 Å². The monoisotopic (exact) mass is 302 g/mol. The molecule has 0 spiro atoms. The fourth-order valence-corrected chi connectivity index (χ4v) is 2.97. The molecule has 1 aromatic rings. The fraction of sp³-hybridized carbons (Fsp3) is 0.529. The van der Waals surface area contributed by atoms with Crippen LogP contribution in [0.4, 0.5) is 5.69 Å². The number of benzene rings is 1. The molecule has 118 valence electrons. The van der Waals surface area contributed by atoms with Gasteiger partial charge in [-0.25, -0.2) is 0 Å². The van der Waals surface area contributed by atoms with Crippen LogP contribution in [0.1, 0.15) is 48.9 Å². The third-order valence-corrected chi connectivity index (χ3v) is 4.48. The van der Waals surface area contributed by atoms with E-state index in [1.807, 2.05) is 24.3 Å². The highest BCUT2D eigenvalue weighted by atomic mass is 16.4. The predicted molar refractivity (Wildman–Crippen MR) is 83.9 cm³/mol. The molecule has 2 saturated carbocycles. The lowest BCUT2D eigenvalue weighted by Crippen LogP contribution is -2.29. The second-order valence-corrected chi connectivity index (χ2v) is 6.36. The lowest BCUT2D eigenvalue weighted by Gasteiger charge is -2.27. The first-order chi connectivity index (χ1) is 10.6. The van der Waals surface area contributed by atoms with Crippen LogP contribution in [0.3, 0.4) is 0 Å². The summed E-state index contributed by atoms with van der Waals surface area (Å²) in [5.74, 6) is -0.897. The van der Waals surface area contributed by atoms with Gasteiger partial charge in [-0.15, -0.1) is 0 Å². The Bertz CT molecular complexity index is 561. The normalized spacial score (nSPS) is 24.5. The first kappa shape index (κ1) is 14.9. The van der Waals surface area contributed by atoms with Crippen molar-refractivity contribution >= 4 is 17.6 Å². The Morgan fingerprint density at radius 2 is 1.68 bits per heavy atom. The van der Waals surface area contributed by atoms with Gasteiger partial charge in [0.15, 0.2) is 0 Å². The SMILES string of the molecule is O=C(NC1CC1)c1cccc(NC2CCC(C(=O)O)CC2)c1. The Balaban J connectivity index is 1.56. The smallest absolute Gasteiger partial charge is 0.306 e. The molecule has 22 heavy (non-hydrogen) atoms. The molecule has 5 heteroatoms. The summed E-state index contributed by atoms with van der Waals surface area (Å²) in [6, 6.07) is 8.18. The number of hydrogen-bond donors (Lipinski definition) is 3. The van der Waals surface area contributed by atoms with E-state index in [1.165, 1.54) is 0 Å². The van der Waals surface area contributed by atoms with E-state index in [0.29, 0.717) is 11.6 Å². The number of hydrogen-bond acceptors (Lipinski definition) is 3. The first-order valence-electron chi connectivity index (χ1n) is 8.02. The standard InChI is InChI=1S/C17H22N2O3/c20-16(19-14-8-9-14)12-2-1-3-15(10-12)18-13-6-4-11(5-7-13)17(21)22/h1-3,10-11,13-14,18H,4-9H2,(H,19,20)(H,21,22). The minimum Gasteiger partial charge on any atom is -0.481 e. The van der Waals surface area contributed by atoms with Crippen LogP contribution in [0.5, 0.6) is 0 Å². The zero-order valence-electron chi connectivity index (χ0n) is 12.5. The van der Waals surface area contributed by atoms with Crippen LogP contribution in [0.2, 0.25) is 0 Å². The van der Waals surface area contributed by atoms with E-state index in [4.69, 9.17) is 5.11 Å². The molecule has 2 aliphatic carbocycles. The van der Waals surface area contributed by atoms with Crippen LogP contribution >= 0.6 is 0 Å². The topological polar surface area (TPSA) is 78.4 Å². The molecule has 2 fully saturated rings. The highest BCUT2D eigenvalue weighted by Crippen LogP contribution is 2.27. The molecule has 0 aromatic heterocycles. The molecule has 0 unspecified atom stereocenters. The van der Waals surface area contributed by atoms with E-state index < -0.39 is 5.97 Å². The molecule has 0 atom stereocenters. The predicted octanol–water partition coefficient (Wildman–Crippen LogP) is 2.63. The summed E-state index contributed by atoms with van der Waals surface area (Å²) in [6.07, 6.45) is 5.31. The number of carbonyl (C=O) groups is 2. The minimum atomic E-state index is -0.683. The molecule has 0 saturated heterocycles. The average Bonchev–Trinajstić information content (AvgIpc) is 3.32. The number of carboxylic acid groups (broad SMARTS) is 1. The van der Waals surface area contributed by atoms with E-state index in [2.05, 4.69) is 10.6 Å². The Morgan fingerprint density at radius 1 is 1.00 bits per heavy atom. The van der Waals surface area contributed by atoms with Gasteiger partial charge in [-0.1, -0.05) is 6.07 Å². The molecule has 5 nitrogen and oxygen atoms in total. The summed E-state index contributed by atoms with van der Waals surface area (Å²) >= 11 is 0. The fourth-order valence-electron chi connectivity index (χ4n) is 2.97. The maximum atomic E-state index is 12.1. The van der Waals surface area contributed by atoms with Crippen molar-refractivity contribution < 1.29 is 14.7 Å². The minimum absolute atomic E-state index is 0.0132. The second kappa shape index (κ2) is 6.38. The van der Waals surface area contributed by atoms with E-state index in [9.17, 15) is 9.59 Å². The second-order valence-electron chi connectivity index (χ2n) is 6.36. The summed E-state index contributed by atoms with van der Waals surface area (Å²) in [4.78, 5) is 23.0. The van der Waals surface area contributed by atoms with Crippen molar-refractivity contribution in [2.24, 2.45) is 5.92 Å². The summed E-state index contributed by atoms with van der Waals surface area (Å²) in [5, 5.41) is 15.4. The molecule has 0 heterocycles. The van der Waals surface area contributed by atoms with Gasteiger partial charge < -0.3 is 15.7 Å². The van der Waals surface area contributed by atoms with Gasteiger partial charge in [0.05, 0.1) is 5.92 Å². The average molecular weight is 302 g/mol. The zero-order valence-corrected chi connectivity index (χ0v) is 12.5. The summed E-state index contributed by atoms with van der Waals surface area (Å²) in [5.41, 5.74) is 1.61. The van der Waals surface area contributed by atoms with Crippen molar-refractivity contribution in [3.63, 3.8) is 0 Å². The van der Waals surface area contributed by atoms with Crippen LogP contribution in [0.25, 0.3) is 0 Å². The van der Waals surface area contributed by atoms with Crippen LogP contribution in [0, 0.1) is 5.92 Å². The van der Waals surface area contributed by atoms with Gasteiger partial charge in [-0.05, 0) is 56.7 Å². The molecular weight excluding hydrogens is 280 g/mol. The van der Waals surface area contributed by atoms with Crippen molar-refractivity contribution in [3.8, 4) is 0 Å². The van der Waals surface area contributed by atoms with Crippen LogP contribution < -0.4 is 10.6 Å². The molecule has 0 radical (unpaired) electrons. The van der Waals surface area contributed by atoms with Crippen molar-refractivity contribution in [1.82, 2.24) is 5.32 Å². The Morgan fingerprint density at radius 3 is 2.32 bits per heavy atom. The molecular formula is C17H22N2O3. The van der Waals surface area contributed by atoms with E-state index in [0.717, 1.165) is 44.2 Å². The largest absolute Gasteiger partial charge is 0.481 e. The third kappa shape index (κ3) is 3.78. The van der Waals surface area contributed by atoms with Gasteiger partial charge in [0.1, 0.15) is 0 Å². The molecule has 0 bridgehead atoms. The molecule has 3 N–H and O–H groups in total. The summed E-state index contributed by atoms with van der Waals surface area (Å²) in [7, 11) is 0. The van der Waals surface area contributed by atoms with Crippen molar-refractivity contribution in [2.75, 3.05) is 5.32 Å². The Kier molecular flexibility index (Phi) is 4.32. The maximum Gasteiger partial charge on any atom is 0.306 e. The van der Waals surface area contributed by atoms with E-state index in [-0.39, 0.29) is 17.9 Å². The van der Waals surface area contributed by atoms with Gasteiger partial charge in [0.2, 0.25) is 0 Å². The number of aliphatic carboxylic acids is 1. The summed E-state index contributed by atoms with van der Waals surface area (Å²) < 4.78 is 0.